The summed E-state index contributed by atoms with van der Waals surface area (Å²) in [6, 6.07) is 8.10. The maximum atomic E-state index is 10.6. The standard InChI is InChI=1S/C18H26N2O/c1-5-6-7-17-16(12-13(2)3)18(21)20(19-17)15-10-8-14(4)9-11-15/h8-11,13,21H,5-7,12H2,1-4H3. The van der Waals surface area contributed by atoms with Gasteiger partial charge in [0.1, 0.15) is 0 Å². The average Bonchev–Trinajstić information content (AvgIpc) is 2.74. The van der Waals surface area contributed by atoms with Crippen LogP contribution in [0.3, 0.4) is 0 Å². The van der Waals surface area contributed by atoms with Gasteiger partial charge in [-0.25, -0.2) is 4.68 Å². The minimum Gasteiger partial charge on any atom is -0.493 e. The number of unbranched alkanes of at least 4 members (excludes halogenated alkanes) is 1. The van der Waals surface area contributed by atoms with Crippen molar-refractivity contribution in [3.05, 3.63) is 41.1 Å². The van der Waals surface area contributed by atoms with Crippen molar-refractivity contribution in [3.63, 3.8) is 0 Å². The number of aromatic nitrogens is 2. The van der Waals surface area contributed by atoms with Crippen LogP contribution in [-0.4, -0.2) is 14.9 Å². The van der Waals surface area contributed by atoms with Gasteiger partial charge >= 0.3 is 0 Å². The molecule has 2 rings (SSSR count). The minimum absolute atomic E-state index is 0.304. The van der Waals surface area contributed by atoms with Gasteiger partial charge in [-0.05, 0) is 44.2 Å². The monoisotopic (exact) mass is 286 g/mol. The Balaban J connectivity index is 2.41. The summed E-state index contributed by atoms with van der Waals surface area (Å²) in [5.41, 5.74) is 4.19. The van der Waals surface area contributed by atoms with Crippen molar-refractivity contribution < 1.29 is 5.11 Å². The van der Waals surface area contributed by atoms with E-state index in [-0.39, 0.29) is 0 Å². The van der Waals surface area contributed by atoms with Crippen LogP contribution in [0.5, 0.6) is 5.88 Å². The second-order valence-electron chi connectivity index (χ2n) is 6.20. The molecule has 1 N–H and O–H groups in total. The number of nitrogens with zero attached hydrogens (tertiary/aromatic N) is 2. The van der Waals surface area contributed by atoms with E-state index in [4.69, 9.17) is 0 Å². The fourth-order valence-electron chi connectivity index (χ4n) is 2.51. The molecule has 1 aromatic carbocycles. The Bertz CT molecular complexity index is 582. The Morgan fingerprint density at radius 3 is 2.43 bits per heavy atom. The molecule has 0 fully saturated rings. The molecule has 2 aromatic rings. The summed E-state index contributed by atoms with van der Waals surface area (Å²) in [4.78, 5) is 0. The largest absolute Gasteiger partial charge is 0.493 e. The van der Waals surface area contributed by atoms with E-state index in [9.17, 15) is 5.11 Å². The zero-order valence-corrected chi connectivity index (χ0v) is 13.6. The predicted octanol–water partition coefficient (Wildman–Crippen LogP) is 4.43. The summed E-state index contributed by atoms with van der Waals surface area (Å²) >= 11 is 0. The highest BCUT2D eigenvalue weighted by molar-refractivity contribution is 5.42. The molecule has 3 heteroatoms. The lowest BCUT2D eigenvalue weighted by atomic mass is 10.0. The van der Waals surface area contributed by atoms with Crippen molar-refractivity contribution in [1.82, 2.24) is 9.78 Å². The third-order valence-corrected chi connectivity index (χ3v) is 3.70. The van der Waals surface area contributed by atoms with Crippen LogP contribution in [0.4, 0.5) is 0 Å². The molecule has 0 aliphatic rings. The molecule has 1 aromatic heterocycles. The van der Waals surface area contributed by atoms with Crippen molar-refractivity contribution in [3.8, 4) is 11.6 Å². The van der Waals surface area contributed by atoms with Crippen LogP contribution in [0.15, 0.2) is 24.3 Å². The maximum absolute atomic E-state index is 10.6. The Morgan fingerprint density at radius 2 is 1.86 bits per heavy atom. The summed E-state index contributed by atoms with van der Waals surface area (Å²) in [7, 11) is 0. The molecule has 114 valence electrons. The third-order valence-electron chi connectivity index (χ3n) is 3.70. The van der Waals surface area contributed by atoms with Crippen LogP contribution in [0.1, 0.15) is 50.4 Å². The fourth-order valence-corrected chi connectivity index (χ4v) is 2.51. The molecule has 21 heavy (non-hydrogen) atoms. The zero-order chi connectivity index (χ0) is 15.4. The van der Waals surface area contributed by atoms with Crippen molar-refractivity contribution in [2.45, 2.75) is 53.4 Å². The lowest BCUT2D eigenvalue weighted by molar-refractivity contribution is 0.424. The lowest BCUT2D eigenvalue weighted by Gasteiger charge is -2.06. The number of aromatic hydroxyl groups is 1. The first kappa shape index (κ1) is 15.6. The Hall–Kier alpha value is -1.77. The number of benzene rings is 1. The highest BCUT2D eigenvalue weighted by atomic mass is 16.3. The maximum Gasteiger partial charge on any atom is 0.217 e. The normalized spacial score (nSPS) is 11.3. The summed E-state index contributed by atoms with van der Waals surface area (Å²) in [6.45, 7) is 8.58. The van der Waals surface area contributed by atoms with Crippen LogP contribution >= 0.6 is 0 Å². The molecule has 0 atom stereocenters. The van der Waals surface area contributed by atoms with Crippen molar-refractivity contribution >= 4 is 0 Å². The van der Waals surface area contributed by atoms with Crippen LogP contribution in [0.2, 0.25) is 0 Å². The van der Waals surface area contributed by atoms with Crippen LogP contribution in [0, 0.1) is 12.8 Å². The van der Waals surface area contributed by atoms with Crippen molar-refractivity contribution in [1.29, 1.82) is 0 Å². The molecule has 0 aliphatic heterocycles. The molecule has 0 saturated heterocycles. The fraction of sp³-hybridized carbons (Fsp3) is 0.500. The molecule has 0 radical (unpaired) electrons. The molecular formula is C18H26N2O. The first-order chi connectivity index (χ1) is 10.0. The van der Waals surface area contributed by atoms with E-state index in [1.54, 1.807) is 4.68 Å². The van der Waals surface area contributed by atoms with Crippen molar-refractivity contribution in [2.24, 2.45) is 5.92 Å². The van der Waals surface area contributed by atoms with Gasteiger partial charge in [0.15, 0.2) is 0 Å². The Kier molecular flexibility index (Phi) is 5.05. The van der Waals surface area contributed by atoms with E-state index >= 15 is 0 Å². The average molecular weight is 286 g/mol. The van der Waals surface area contributed by atoms with E-state index in [2.05, 4.69) is 32.8 Å². The molecule has 0 unspecified atom stereocenters. The van der Waals surface area contributed by atoms with Gasteiger partial charge < -0.3 is 5.11 Å². The second-order valence-corrected chi connectivity index (χ2v) is 6.20. The van der Waals surface area contributed by atoms with E-state index in [0.717, 1.165) is 42.6 Å². The first-order valence-corrected chi connectivity index (χ1v) is 7.89. The quantitative estimate of drug-likeness (QED) is 0.853. The third kappa shape index (κ3) is 3.66. The smallest absolute Gasteiger partial charge is 0.217 e. The van der Waals surface area contributed by atoms with Crippen LogP contribution in [0.25, 0.3) is 5.69 Å². The highest BCUT2D eigenvalue weighted by Crippen LogP contribution is 2.28. The Morgan fingerprint density at radius 1 is 1.19 bits per heavy atom. The highest BCUT2D eigenvalue weighted by Gasteiger charge is 2.18. The van der Waals surface area contributed by atoms with Gasteiger partial charge in [-0.2, -0.15) is 5.10 Å². The van der Waals surface area contributed by atoms with Gasteiger partial charge in [-0.1, -0.05) is 44.9 Å². The number of aryl methyl sites for hydroxylation is 2. The lowest BCUT2D eigenvalue weighted by Crippen LogP contribution is -1.98. The second kappa shape index (κ2) is 6.79. The van der Waals surface area contributed by atoms with Gasteiger partial charge in [0, 0.05) is 5.56 Å². The zero-order valence-electron chi connectivity index (χ0n) is 13.6. The van der Waals surface area contributed by atoms with E-state index in [1.807, 2.05) is 24.3 Å². The first-order valence-electron chi connectivity index (χ1n) is 7.89. The molecule has 0 aliphatic carbocycles. The van der Waals surface area contributed by atoms with Crippen LogP contribution < -0.4 is 0 Å². The predicted molar refractivity (Wildman–Crippen MR) is 87.1 cm³/mol. The minimum atomic E-state index is 0.304. The summed E-state index contributed by atoms with van der Waals surface area (Å²) in [5, 5.41) is 15.2. The summed E-state index contributed by atoms with van der Waals surface area (Å²) < 4.78 is 1.68. The van der Waals surface area contributed by atoms with Gasteiger partial charge in [-0.15, -0.1) is 0 Å². The van der Waals surface area contributed by atoms with Gasteiger partial charge in [0.25, 0.3) is 0 Å². The van der Waals surface area contributed by atoms with Gasteiger partial charge in [0.05, 0.1) is 11.4 Å². The van der Waals surface area contributed by atoms with Gasteiger partial charge in [0.2, 0.25) is 5.88 Å². The molecule has 0 saturated carbocycles. The van der Waals surface area contributed by atoms with E-state index in [0.29, 0.717) is 11.8 Å². The number of hydrogen-bond acceptors (Lipinski definition) is 2. The van der Waals surface area contributed by atoms with E-state index in [1.165, 1.54) is 5.56 Å². The summed E-state index contributed by atoms with van der Waals surface area (Å²) in [6.07, 6.45) is 4.05. The SMILES string of the molecule is CCCCc1nn(-c2ccc(C)cc2)c(O)c1CC(C)C. The van der Waals surface area contributed by atoms with Crippen molar-refractivity contribution in [2.75, 3.05) is 0 Å². The summed E-state index contributed by atoms with van der Waals surface area (Å²) in [5.74, 6) is 0.811. The van der Waals surface area contributed by atoms with Gasteiger partial charge in [-0.3, -0.25) is 0 Å². The molecule has 1 heterocycles. The van der Waals surface area contributed by atoms with E-state index < -0.39 is 0 Å². The molecule has 0 bridgehead atoms. The molecule has 3 nitrogen and oxygen atoms in total. The number of rotatable bonds is 6. The molecular weight excluding hydrogens is 260 g/mol. The van der Waals surface area contributed by atoms with Crippen LogP contribution in [-0.2, 0) is 12.8 Å². The molecule has 0 spiro atoms. The number of hydrogen-bond donors (Lipinski definition) is 1. The topological polar surface area (TPSA) is 38.0 Å². The Labute approximate surface area is 127 Å². The molecule has 0 amide bonds.